The summed E-state index contributed by atoms with van der Waals surface area (Å²) in [5.74, 6) is 1.28. The molecule has 0 aliphatic carbocycles. The molecule has 0 saturated heterocycles. The number of rotatable bonds is 6. The van der Waals surface area contributed by atoms with Crippen molar-refractivity contribution in [2.24, 2.45) is 0 Å². The Bertz CT molecular complexity index is 929. The van der Waals surface area contributed by atoms with Gasteiger partial charge in [0.1, 0.15) is 12.7 Å². The van der Waals surface area contributed by atoms with Crippen LogP contribution >= 0.6 is 0 Å². The first kappa shape index (κ1) is 17.2. The molecule has 1 aromatic heterocycles. The van der Waals surface area contributed by atoms with Crippen LogP contribution < -0.4 is 9.47 Å². The van der Waals surface area contributed by atoms with Crippen LogP contribution in [0, 0.1) is 11.3 Å². The highest BCUT2D eigenvalue weighted by Crippen LogP contribution is 2.30. The van der Waals surface area contributed by atoms with Crippen LogP contribution in [-0.2, 0) is 6.61 Å². The van der Waals surface area contributed by atoms with Crippen LogP contribution in [0.4, 0.5) is 0 Å². The van der Waals surface area contributed by atoms with Gasteiger partial charge in [-0.05, 0) is 41.5 Å². The summed E-state index contributed by atoms with van der Waals surface area (Å²) in [7, 11) is 1.61. The molecule has 1 heterocycles. The van der Waals surface area contributed by atoms with E-state index >= 15 is 0 Å². The Morgan fingerprint density at radius 1 is 1.04 bits per heavy atom. The number of hydrogen-bond acceptors (Lipinski definition) is 4. The van der Waals surface area contributed by atoms with Crippen molar-refractivity contribution >= 4 is 11.6 Å². The molecular weight excluding hydrogens is 324 g/mol. The summed E-state index contributed by atoms with van der Waals surface area (Å²) >= 11 is 0. The molecule has 0 saturated carbocycles. The summed E-state index contributed by atoms with van der Waals surface area (Å²) in [6, 6.07) is 23.2. The third-order valence-electron chi connectivity index (χ3n) is 3.80. The van der Waals surface area contributed by atoms with Gasteiger partial charge in [0.05, 0.1) is 18.4 Å². The first-order chi connectivity index (χ1) is 12.8. The molecule has 0 fully saturated rings. The highest BCUT2D eigenvalue weighted by Gasteiger charge is 2.07. The van der Waals surface area contributed by atoms with Gasteiger partial charge < -0.3 is 9.47 Å². The maximum absolute atomic E-state index is 9.45. The van der Waals surface area contributed by atoms with E-state index in [1.807, 2.05) is 66.7 Å². The van der Waals surface area contributed by atoms with Gasteiger partial charge >= 0.3 is 0 Å². The van der Waals surface area contributed by atoms with Gasteiger partial charge in [-0.2, -0.15) is 5.26 Å². The molecule has 26 heavy (non-hydrogen) atoms. The minimum absolute atomic E-state index is 0.440. The Morgan fingerprint density at radius 3 is 2.54 bits per heavy atom. The number of methoxy groups -OCH3 is 1. The Morgan fingerprint density at radius 2 is 1.85 bits per heavy atom. The monoisotopic (exact) mass is 342 g/mol. The van der Waals surface area contributed by atoms with Gasteiger partial charge in [-0.25, -0.2) is 0 Å². The number of nitrogens with zero attached hydrogens (tertiary/aromatic N) is 2. The number of aromatic nitrogens is 1. The highest BCUT2D eigenvalue weighted by atomic mass is 16.5. The lowest BCUT2D eigenvalue weighted by molar-refractivity contribution is 0.284. The molecule has 128 valence electrons. The predicted octanol–water partition coefficient (Wildman–Crippen LogP) is 4.73. The van der Waals surface area contributed by atoms with Crippen LogP contribution in [0.15, 0.2) is 72.9 Å². The molecule has 0 bridgehead atoms. The zero-order chi connectivity index (χ0) is 18.2. The van der Waals surface area contributed by atoms with E-state index in [1.165, 1.54) is 0 Å². The lowest BCUT2D eigenvalue weighted by atomic mass is 10.1. The second kappa shape index (κ2) is 8.50. The van der Waals surface area contributed by atoms with Crippen LogP contribution in [0.5, 0.6) is 11.5 Å². The number of ether oxygens (including phenoxy) is 2. The normalized spacial score (nSPS) is 10.8. The van der Waals surface area contributed by atoms with Gasteiger partial charge in [-0.1, -0.05) is 42.5 Å². The van der Waals surface area contributed by atoms with Crippen molar-refractivity contribution in [3.63, 3.8) is 0 Å². The molecule has 0 N–H and O–H groups in total. The Labute approximate surface area is 153 Å². The minimum atomic E-state index is 0.440. The fourth-order valence-electron chi connectivity index (χ4n) is 2.48. The molecule has 3 rings (SSSR count). The van der Waals surface area contributed by atoms with E-state index in [1.54, 1.807) is 19.4 Å². The average Bonchev–Trinajstić information content (AvgIpc) is 2.72. The maximum atomic E-state index is 9.45. The highest BCUT2D eigenvalue weighted by molar-refractivity contribution is 5.88. The van der Waals surface area contributed by atoms with Gasteiger partial charge in [0, 0.05) is 6.20 Å². The lowest BCUT2D eigenvalue weighted by Gasteiger charge is -2.11. The van der Waals surface area contributed by atoms with E-state index < -0.39 is 0 Å². The van der Waals surface area contributed by atoms with Crippen molar-refractivity contribution in [2.75, 3.05) is 7.11 Å². The summed E-state index contributed by atoms with van der Waals surface area (Å²) in [4.78, 5) is 4.23. The molecule has 4 heteroatoms. The topological polar surface area (TPSA) is 55.1 Å². The zero-order valence-corrected chi connectivity index (χ0v) is 14.4. The molecule has 3 aromatic rings. The second-order valence-electron chi connectivity index (χ2n) is 5.57. The third kappa shape index (κ3) is 4.28. The predicted molar refractivity (Wildman–Crippen MR) is 101 cm³/mol. The van der Waals surface area contributed by atoms with E-state index in [0.29, 0.717) is 29.4 Å². The number of nitriles is 1. The molecular formula is C22H18N2O2. The maximum Gasteiger partial charge on any atom is 0.162 e. The number of benzene rings is 2. The fraction of sp³-hybridized carbons (Fsp3) is 0.0909. The van der Waals surface area contributed by atoms with Crippen LogP contribution in [0.1, 0.15) is 16.8 Å². The molecule has 0 spiro atoms. The Kier molecular flexibility index (Phi) is 5.64. The van der Waals surface area contributed by atoms with Crippen molar-refractivity contribution in [3.05, 3.63) is 89.7 Å². The number of pyridine rings is 1. The molecule has 0 aliphatic rings. The smallest absolute Gasteiger partial charge is 0.162 e. The van der Waals surface area contributed by atoms with E-state index in [-0.39, 0.29) is 0 Å². The molecule has 2 aromatic carbocycles. The summed E-state index contributed by atoms with van der Waals surface area (Å²) in [5.41, 5.74) is 3.04. The van der Waals surface area contributed by atoms with Crippen LogP contribution in [0.25, 0.3) is 11.6 Å². The van der Waals surface area contributed by atoms with Gasteiger partial charge in [-0.3, -0.25) is 4.98 Å². The average molecular weight is 342 g/mol. The molecule has 0 aliphatic heterocycles. The van der Waals surface area contributed by atoms with E-state index in [0.717, 1.165) is 11.1 Å². The standard InChI is InChI=1S/C22H18N2O2/c1-25-21-11-10-18(13-19(15-23)20-9-5-6-12-24-20)14-22(21)26-16-17-7-3-2-4-8-17/h2-14H,16H2,1H3/b19-13+. The van der Waals surface area contributed by atoms with Crippen LogP contribution in [-0.4, -0.2) is 12.1 Å². The summed E-state index contributed by atoms with van der Waals surface area (Å²) < 4.78 is 11.3. The van der Waals surface area contributed by atoms with E-state index in [9.17, 15) is 5.26 Å². The summed E-state index contributed by atoms with van der Waals surface area (Å²) in [6.45, 7) is 0.440. The molecule has 0 amide bonds. The molecule has 0 atom stereocenters. The lowest BCUT2D eigenvalue weighted by Crippen LogP contribution is -1.98. The van der Waals surface area contributed by atoms with Crippen molar-refractivity contribution in [2.45, 2.75) is 6.61 Å². The van der Waals surface area contributed by atoms with Crippen molar-refractivity contribution in [1.29, 1.82) is 5.26 Å². The zero-order valence-electron chi connectivity index (χ0n) is 14.4. The van der Waals surface area contributed by atoms with E-state index in [4.69, 9.17) is 9.47 Å². The SMILES string of the molecule is COc1ccc(/C=C(\C#N)c2ccccn2)cc1OCc1ccccc1. The minimum Gasteiger partial charge on any atom is -0.493 e. The Balaban J connectivity index is 1.87. The molecule has 4 nitrogen and oxygen atoms in total. The molecule has 0 radical (unpaired) electrons. The second-order valence-corrected chi connectivity index (χ2v) is 5.57. The first-order valence-electron chi connectivity index (χ1n) is 8.18. The van der Waals surface area contributed by atoms with Gasteiger partial charge in [0.25, 0.3) is 0 Å². The van der Waals surface area contributed by atoms with Gasteiger partial charge in [0.15, 0.2) is 11.5 Å². The van der Waals surface area contributed by atoms with Gasteiger partial charge in [-0.15, -0.1) is 0 Å². The summed E-state index contributed by atoms with van der Waals surface area (Å²) in [5, 5.41) is 9.45. The number of hydrogen-bond donors (Lipinski definition) is 0. The van der Waals surface area contributed by atoms with Crippen molar-refractivity contribution in [3.8, 4) is 17.6 Å². The Hall–Kier alpha value is -3.58. The van der Waals surface area contributed by atoms with Crippen LogP contribution in [0.3, 0.4) is 0 Å². The molecule has 0 unspecified atom stereocenters. The van der Waals surface area contributed by atoms with E-state index in [2.05, 4.69) is 11.1 Å². The fourth-order valence-corrected chi connectivity index (χ4v) is 2.48. The largest absolute Gasteiger partial charge is 0.493 e. The summed E-state index contributed by atoms with van der Waals surface area (Å²) in [6.07, 6.45) is 3.46. The number of allylic oxidation sites excluding steroid dienone is 1. The van der Waals surface area contributed by atoms with Crippen LogP contribution in [0.2, 0.25) is 0 Å². The first-order valence-corrected chi connectivity index (χ1v) is 8.18. The van der Waals surface area contributed by atoms with Gasteiger partial charge in [0.2, 0.25) is 0 Å². The third-order valence-corrected chi connectivity index (χ3v) is 3.80. The van der Waals surface area contributed by atoms with Crippen molar-refractivity contribution < 1.29 is 9.47 Å². The quantitative estimate of drug-likeness (QED) is 0.608. The van der Waals surface area contributed by atoms with Crippen molar-refractivity contribution in [1.82, 2.24) is 4.98 Å².